The third kappa shape index (κ3) is 3.52. The van der Waals surface area contributed by atoms with Gasteiger partial charge < -0.3 is 25.4 Å². The second-order valence-corrected chi connectivity index (χ2v) is 6.96. The maximum absolute atomic E-state index is 12.9. The molecule has 0 saturated carbocycles. The van der Waals surface area contributed by atoms with Gasteiger partial charge in [0.2, 0.25) is 5.91 Å². The lowest BCUT2D eigenvalue weighted by Crippen LogP contribution is -2.54. The fourth-order valence-electron chi connectivity index (χ4n) is 3.64. The first-order valence-corrected chi connectivity index (χ1v) is 9.29. The molecule has 3 heterocycles. The molecule has 1 saturated heterocycles. The number of anilines is 1. The number of benzene rings is 1. The molecule has 27 heavy (non-hydrogen) atoms. The van der Waals surface area contributed by atoms with Gasteiger partial charge in [-0.3, -0.25) is 4.79 Å². The third-order valence-electron chi connectivity index (χ3n) is 5.26. The predicted octanol–water partition coefficient (Wildman–Crippen LogP) is 1.28. The van der Waals surface area contributed by atoms with E-state index in [4.69, 9.17) is 0 Å². The van der Waals surface area contributed by atoms with Crippen LogP contribution in [0.1, 0.15) is 23.0 Å². The summed E-state index contributed by atoms with van der Waals surface area (Å²) in [5.74, 6) is 0.0296. The van der Waals surface area contributed by atoms with E-state index in [1.165, 1.54) is 0 Å². The van der Waals surface area contributed by atoms with E-state index < -0.39 is 6.04 Å². The number of amides is 3. The van der Waals surface area contributed by atoms with Gasteiger partial charge in [-0.2, -0.15) is 0 Å². The van der Waals surface area contributed by atoms with E-state index in [1.54, 1.807) is 11.2 Å². The van der Waals surface area contributed by atoms with Crippen LogP contribution in [0.4, 0.5) is 10.5 Å². The van der Waals surface area contributed by atoms with E-state index in [1.807, 2.05) is 36.1 Å². The summed E-state index contributed by atoms with van der Waals surface area (Å²) < 4.78 is 0. The van der Waals surface area contributed by atoms with Crippen LogP contribution in [0, 0.1) is 6.92 Å². The van der Waals surface area contributed by atoms with E-state index in [2.05, 4.69) is 20.6 Å². The summed E-state index contributed by atoms with van der Waals surface area (Å²) in [7, 11) is 0. The molecule has 3 amide bonds. The lowest BCUT2D eigenvalue weighted by molar-refractivity contribution is -0.135. The summed E-state index contributed by atoms with van der Waals surface area (Å²) in [6.07, 6.45) is 2.50. The molecule has 8 heteroatoms. The monoisotopic (exact) mass is 368 g/mol. The van der Waals surface area contributed by atoms with Gasteiger partial charge in [-0.1, -0.05) is 18.2 Å². The first-order chi connectivity index (χ1) is 13.1. The van der Waals surface area contributed by atoms with Crippen molar-refractivity contribution in [2.45, 2.75) is 19.4 Å². The molecule has 142 valence electrons. The number of aromatic nitrogens is 2. The zero-order valence-corrected chi connectivity index (χ0v) is 15.4. The van der Waals surface area contributed by atoms with Gasteiger partial charge in [0.15, 0.2) is 0 Å². The summed E-state index contributed by atoms with van der Waals surface area (Å²) in [5, 5.41) is 6.22. The summed E-state index contributed by atoms with van der Waals surface area (Å²) >= 11 is 0. The van der Waals surface area contributed by atoms with Crippen molar-refractivity contribution in [3.8, 4) is 0 Å². The summed E-state index contributed by atoms with van der Waals surface area (Å²) in [6, 6.07) is 7.18. The topological polar surface area (TPSA) is 93.4 Å². The number of H-pyrrole nitrogens is 1. The molecular weight excluding hydrogens is 344 g/mol. The van der Waals surface area contributed by atoms with Gasteiger partial charge >= 0.3 is 6.03 Å². The molecule has 0 aliphatic carbocycles. The quantitative estimate of drug-likeness (QED) is 0.744. The van der Waals surface area contributed by atoms with E-state index >= 15 is 0 Å². The van der Waals surface area contributed by atoms with Crippen molar-refractivity contribution in [1.29, 1.82) is 0 Å². The molecule has 0 radical (unpaired) electrons. The minimum absolute atomic E-state index is 0.0296. The summed E-state index contributed by atoms with van der Waals surface area (Å²) in [6.45, 7) is 4.81. The smallest absolute Gasteiger partial charge is 0.321 e. The number of urea groups is 1. The number of carbonyl (C=O) groups excluding carboxylic acids is 2. The molecular formula is C19H24N6O2. The number of nitrogens with zero attached hydrogens (tertiary/aromatic N) is 3. The van der Waals surface area contributed by atoms with Crippen LogP contribution in [0.15, 0.2) is 30.6 Å². The number of para-hydroxylation sites is 1. The van der Waals surface area contributed by atoms with Crippen molar-refractivity contribution in [3.63, 3.8) is 0 Å². The van der Waals surface area contributed by atoms with Crippen LogP contribution in [0.5, 0.6) is 0 Å². The Hall–Kier alpha value is -2.87. The highest BCUT2D eigenvalue weighted by Crippen LogP contribution is 2.22. The maximum Gasteiger partial charge on any atom is 0.321 e. The lowest BCUT2D eigenvalue weighted by atomic mass is 10.0. The van der Waals surface area contributed by atoms with E-state index in [-0.39, 0.29) is 11.9 Å². The Balaban J connectivity index is 1.35. The van der Waals surface area contributed by atoms with Gasteiger partial charge in [0, 0.05) is 50.5 Å². The van der Waals surface area contributed by atoms with Crippen molar-refractivity contribution in [3.05, 3.63) is 47.5 Å². The SMILES string of the molecule is Cc1ccccc1NC(=O)N1CCN(C(=O)C2NCCc3[nH]cnc32)CC1. The molecule has 1 aromatic heterocycles. The number of rotatable bonds is 2. The Labute approximate surface area is 157 Å². The molecule has 4 rings (SSSR count). The number of piperazine rings is 1. The van der Waals surface area contributed by atoms with Crippen molar-refractivity contribution in [2.24, 2.45) is 0 Å². The average Bonchev–Trinajstić information content (AvgIpc) is 3.18. The molecule has 3 N–H and O–H groups in total. The standard InChI is InChI=1S/C19H24N6O2/c1-13-4-2-3-5-14(13)23-19(27)25-10-8-24(9-11-25)18(26)17-16-15(6-7-20-17)21-12-22-16/h2-5,12,17,20H,6-11H2,1H3,(H,21,22)(H,23,27). The largest absolute Gasteiger partial charge is 0.348 e. The maximum atomic E-state index is 12.9. The van der Waals surface area contributed by atoms with Gasteiger partial charge in [0.1, 0.15) is 6.04 Å². The number of nitrogens with one attached hydrogen (secondary N) is 3. The van der Waals surface area contributed by atoms with Crippen molar-refractivity contribution in [2.75, 3.05) is 38.0 Å². The van der Waals surface area contributed by atoms with Crippen molar-refractivity contribution < 1.29 is 9.59 Å². The number of aromatic amines is 1. The molecule has 2 aromatic rings. The number of fused-ring (bicyclic) bond motifs is 1. The highest BCUT2D eigenvalue weighted by atomic mass is 16.2. The minimum atomic E-state index is -0.396. The highest BCUT2D eigenvalue weighted by molar-refractivity contribution is 5.90. The van der Waals surface area contributed by atoms with Crippen LogP contribution in [-0.2, 0) is 11.2 Å². The average molecular weight is 368 g/mol. The molecule has 0 bridgehead atoms. The molecule has 0 spiro atoms. The highest BCUT2D eigenvalue weighted by Gasteiger charge is 2.33. The van der Waals surface area contributed by atoms with Crippen LogP contribution in [-0.4, -0.2) is 64.4 Å². The Kier molecular flexibility index (Phi) is 4.81. The first-order valence-electron chi connectivity index (χ1n) is 9.29. The fraction of sp³-hybridized carbons (Fsp3) is 0.421. The zero-order valence-electron chi connectivity index (χ0n) is 15.4. The van der Waals surface area contributed by atoms with E-state index in [0.717, 1.165) is 35.6 Å². The summed E-state index contributed by atoms with van der Waals surface area (Å²) in [4.78, 5) is 36.4. The molecule has 2 aliphatic rings. The van der Waals surface area contributed by atoms with E-state index in [0.29, 0.717) is 26.2 Å². The van der Waals surface area contributed by atoms with Crippen molar-refractivity contribution in [1.82, 2.24) is 25.1 Å². The number of imidazole rings is 1. The normalized spacial score (nSPS) is 19.5. The molecule has 8 nitrogen and oxygen atoms in total. The van der Waals surface area contributed by atoms with Gasteiger partial charge in [-0.25, -0.2) is 9.78 Å². The zero-order chi connectivity index (χ0) is 18.8. The summed E-state index contributed by atoms with van der Waals surface area (Å²) in [5.41, 5.74) is 3.67. The van der Waals surface area contributed by atoms with Crippen LogP contribution >= 0.6 is 0 Å². The Bertz CT molecular complexity index is 840. The van der Waals surface area contributed by atoms with Crippen LogP contribution in [0.3, 0.4) is 0 Å². The molecule has 1 unspecified atom stereocenters. The Morgan fingerprint density at radius 2 is 1.89 bits per heavy atom. The van der Waals surface area contributed by atoms with Gasteiger partial charge in [-0.15, -0.1) is 0 Å². The number of hydrogen-bond acceptors (Lipinski definition) is 4. The first kappa shape index (κ1) is 17.5. The Morgan fingerprint density at radius 1 is 1.15 bits per heavy atom. The van der Waals surface area contributed by atoms with E-state index in [9.17, 15) is 9.59 Å². The third-order valence-corrected chi connectivity index (χ3v) is 5.26. The fourth-order valence-corrected chi connectivity index (χ4v) is 3.64. The second kappa shape index (κ2) is 7.40. The Morgan fingerprint density at radius 3 is 2.67 bits per heavy atom. The number of hydrogen-bond donors (Lipinski definition) is 3. The van der Waals surface area contributed by atoms with Gasteiger partial charge in [0.05, 0.1) is 12.0 Å². The minimum Gasteiger partial charge on any atom is -0.348 e. The van der Waals surface area contributed by atoms with Crippen LogP contribution in [0.2, 0.25) is 0 Å². The molecule has 2 aliphatic heterocycles. The predicted molar refractivity (Wildman–Crippen MR) is 101 cm³/mol. The molecule has 1 fully saturated rings. The van der Waals surface area contributed by atoms with Crippen molar-refractivity contribution >= 4 is 17.6 Å². The van der Waals surface area contributed by atoms with Crippen LogP contribution < -0.4 is 10.6 Å². The van der Waals surface area contributed by atoms with Gasteiger partial charge in [0.25, 0.3) is 0 Å². The number of carbonyl (C=O) groups is 2. The number of aryl methyl sites for hydroxylation is 1. The molecule has 1 aromatic carbocycles. The van der Waals surface area contributed by atoms with Gasteiger partial charge in [-0.05, 0) is 18.6 Å². The van der Waals surface area contributed by atoms with Crippen LogP contribution in [0.25, 0.3) is 0 Å². The second-order valence-electron chi connectivity index (χ2n) is 6.96. The lowest BCUT2D eigenvalue weighted by Gasteiger charge is -2.37. The molecule has 1 atom stereocenters.